The summed E-state index contributed by atoms with van der Waals surface area (Å²) in [5.41, 5.74) is 14.7. The topological polar surface area (TPSA) is 38.7 Å². The molecule has 11 aromatic carbocycles. The minimum atomic E-state index is 0.691. The molecule has 0 spiro atoms. The molecule has 0 aliphatic carbocycles. The van der Waals surface area contributed by atoms with E-state index in [2.05, 4.69) is 224 Å². The highest BCUT2D eigenvalue weighted by atomic mass is 14.9. The van der Waals surface area contributed by atoms with Gasteiger partial charge in [-0.25, -0.2) is 15.0 Å². The van der Waals surface area contributed by atoms with Gasteiger partial charge in [-0.1, -0.05) is 231 Å². The van der Waals surface area contributed by atoms with Crippen molar-refractivity contribution in [2.75, 3.05) is 0 Å². The van der Waals surface area contributed by atoms with Gasteiger partial charge in [-0.15, -0.1) is 0 Å². The summed E-state index contributed by atoms with van der Waals surface area (Å²) in [6.45, 7) is 0. The lowest BCUT2D eigenvalue weighted by atomic mass is 9.91. The first-order valence-corrected chi connectivity index (χ1v) is 23.2. The van der Waals surface area contributed by atoms with E-state index in [0.717, 1.165) is 72.3 Å². The van der Waals surface area contributed by atoms with Crippen molar-refractivity contribution in [3.05, 3.63) is 249 Å². The molecule has 68 heavy (non-hydrogen) atoms. The Morgan fingerprint density at radius 2 is 0.779 bits per heavy atom. The number of aromatic nitrogens is 3. The van der Waals surface area contributed by atoms with Gasteiger partial charge in [-0.2, -0.15) is 0 Å². The third kappa shape index (κ3) is 6.88. The predicted molar refractivity (Wildman–Crippen MR) is 285 cm³/mol. The highest BCUT2D eigenvalue weighted by molar-refractivity contribution is 6.24. The monoisotopic (exact) mass is 863 g/mol. The lowest BCUT2D eigenvalue weighted by molar-refractivity contribution is 1.18. The van der Waals surface area contributed by atoms with Gasteiger partial charge in [0.2, 0.25) is 0 Å². The number of hydrogen-bond donors (Lipinski definition) is 0. The van der Waals surface area contributed by atoms with E-state index in [1.54, 1.807) is 0 Å². The van der Waals surface area contributed by atoms with E-state index >= 15 is 0 Å². The molecular weight excluding hydrogens is 823 g/mol. The van der Waals surface area contributed by atoms with Crippen LogP contribution in [0.25, 0.3) is 133 Å². The number of fused-ring (bicyclic) bond motifs is 8. The van der Waals surface area contributed by atoms with E-state index in [0.29, 0.717) is 5.82 Å². The van der Waals surface area contributed by atoms with E-state index in [4.69, 9.17) is 15.0 Å². The van der Waals surface area contributed by atoms with Gasteiger partial charge >= 0.3 is 0 Å². The van der Waals surface area contributed by atoms with Crippen molar-refractivity contribution < 1.29 is 0 Å². The van der Waals surface area contributed by atoms with Crippen LogP contribution in [0.5, 0.6) is 0 Å². The summed E-state index contributed by atoms with van der Waals surface area (Å²) in [6, 6.07) is 88.8. The maximum atomic E-state index is 5.63. The molecule has 0 radical (unpaired) electrons. The van der Waals surface area contributed by atoms with Crippen LogP contribution in [0, 0.1) is 0 Å². The number of hydrogen-bond acceptors (Lipinski definition) is 3. The molecule has 0 saturated heterocycles. The van der Waals surface area contributed by atoms with Gasteiger partial charge in [0.25, 0.3) is 0 Å². The Labute approximate surface area is 394 Å². The standard InChI is InChI=1S/C65H41N3/c1-3-15-42(16-4-1)49-21-13-22-51(39-49)61-41-60(66-65(67-61)48-18-5-2-6-19-48)46-33-29-44(30-34-46)54-27-14-28-57-62-53-24-10-7-17-43(53)37-38-58(62)63(68-64(54)57)47-35-31-45(32-36-47)59-40-50-20-8-9-23-52(50)55-25-11-12-26-56(55)59/h1-41H. The fraction of sp³-hybridized carbons (Fsp3) is 0. The lowest BCUT2D eigenvalue weighted by Crippen LogP contribution is -1.96. The van der Waals surface area contributed by atoms with Crippen LogP contribution in [0.4, 0.5) is 0 Å². The largest absolute Gasteiger partial charge is 0.246 e. The second-order valence-electron chi connectivity index (χ2n) is 17.5. The molecule has 0 atom stereocenters. The maximum Gasteiger partial charge on any atom is 0.160 e. The van der Waals surface area contributed by atoms with Crippen LogP contribution < -0.4 is 0 Å². The van der Waals surface area contributed by atoms with Crippen molar-refractivity contribution in [3.63, 3.8) is 0 Å². The van der Waals surface area contributed by atoms with E-state index in [1.165, 1.54) is 54.4 Å². The van der Waals surface area contributed by atoms with Gasteiger partial charge in [0.15, 0.2) is 5.82 Å². The number of nitrogens with zero attached hydrogens (tertiary/aromatic N) is 3. The first-order chi connectivity index (χ1) is 33.7. The van der Waals surface area contributed by atoms with Crippen LogP contribution in [0.15, 0.2) is 249 Å². The minimum absolute atomic E-state index is 0.691. The van der Waals surface area contributed by atoms with Crippen molar-refractivity contribution in [3.8, 4) is 78.5 Å². The molecule has 0 aliphatic rings. The quantitative estimate of drug-likeness (QED) is 0.150. The molecule has 2 aromatic heterocycles. The normalized spacial score (nSPS) is 11.5. The molecule has 0 fully saturated rings. The third-order valence-electron chi connectivity index (χ3n) is 13.5. The number of pyridine rings is 1. The molecule has 0 amide bonds. The Hall–Kier alpha value is -9.05. The van der Waals surface area contributed by atoms with E-state index in [1.807, 2.05) is 24.3 Å². The van der Waals surface area contributed by atoms with Gasteiger partial charge < -0.3 is 0 Å². The van der Waals surface area contributed by atoms with E-state index < -0.39 is 0 Å². The van der Waals surface area contributed by atoms with Gasteiger partial charge in [-0.3, -0.25) is 0 Å². The van der Waals surface area contributed by atoms with Crippen molar-refractivity contribution in [1.29, 1.82) is 0 Å². The molecule has 0 bridgehead atoms. The summed E-state index contributed by atoms with van der Waals surface area (Å²) in [5, 5.41) is 10.9. The second kappa shape index (κ2) is 16.4. The Balaban J connectivity index is 0.934. The van der Waals surface area contributed by atoms with Crippen LogP contribution in [0.1, 0.15) is 0 Å². The molecule has 13 aromatic rings. The zero-order valence-corrected chi connectivity index (χ0v) is 37.0. The molecule has 0 N–H and O–H groups in total. The summed E-state index contributed by atoms with van der Waals surface area (Å²) >= 11 is 0. The molecule has 3 heteroatoms. The number of rotatable bonds is 7. The van der Waals surface area contributed by atoms with Gasteiger partial charge in [0.05, 0.1) is 22.6 Å². The Bertz CT molecular complexity index is 4050. The van der Waals surface area contributed by atoms with Crippen LogP contribution in [-0.2, 0) is 0 Å². The van der Waals surface area contributed by atoms with Crippen LogP contribution in [-0.4, -0.2) is 15.0 Å². The molecule has 316 valence electrons. The van der Waals surface area contributed by atoms with Gasteiger partial charge in [0.1, 0.15) is 0 Å². The average Bonchev–Trinajstić information content (AvgIpc) is 3.42. The first kappa shape index (κ1) is 39.3. The first-order valence-electron chi connectivity index (χ1n) is 23.2. The fourth-order valence-corrected chi connectivity index (χ4v) is 10.1. The average molecular weight is 864 g/mol. The Morgan fingerprint density at radius 3 is 1.54 bits per heavy atom. The van der Waals surface area contributed by atoms with Crippen LogP contribution in [0.3, 0.4) is 0 Å². The fourth-order valence-electron chi connectivity index (χ4n) is 10.1. The smallest absolute Gasteiger partial charge is 0.160 e. The zero-order valence-electron chi connectivity index (χ0n) is 37.0. The molecule has 3 nitrogen and oxygen atoms in total. The van der Waals surface area contributed by atoms with Crippen molar-refractivity contribution in [1.82, 2.24) is 15.0 Å². The van der Waals surface area contributed by atoms with Crippen molar-refractivity contribution >= 4 is 54.0 Å². The Morgan fingerprint density at radius 1 is 0.235 bits per heavy atom. The minimum Gasteiger partial charge on any atom is -0.246 e. The summed E-state index contributed by atoms with van der Waals surface area (Å²) in [5.74, 6) is 0.691. The summed E-state index contributed by atoms with van der Waals surface area (Å²) < 4.78 is 0. The summed E-state index contributed by atoms with van der Waals surface area (Å²) in [4.78, 5) is 15.9. The molecule has 2 heterocycles. The van der Waals surface area contributed by atoms with Crippen molar-refractivity contribution in [2.45, 2.75) is 0 Å². The molecule has 0 unspecified atom stereocenters. The predicted octanol–water partition coefficient (Wildman–Crippen LogP) is 17.3. The number of benzene rings is 11. The van der Waals surface area contributed by atoms with Gasteiger partial charge in [-0.05, 0) is 78.3 Å². The van der Waals surface area contributed by atoms with Crippen LogP contribution >= 0.6 is 0 Å². The summed E-state index contributed by atoms with van der Waals surface area (Å²) in [7, 11) is 0. The van der Waals surface area contributed by atoms with E-state index in [9.17, 15) is 0 Å². The number of para-hydroxylation sites is 1. The van der Waals surface area contributed by atoms with E-state index in [-0.39, 0.29) is 0 Å². The van der Waals surface area contributed by atoms with Crippen molar-refractivity contribution in [2.24, 2.45) is 0 Å². The maximum absolute atomic E-state index is 5.63. The molecule has 0 aliphatic heterocycles. The SMILES string of the molecule is c1ccc(-c2cccc(-c3cc(-c4ccc(-c5cccc6c5nc(-c5ccc(-c7cc8ccccc8c8ccccc78)cc5)c5ccc7ccccc7c56)cc4)nc(-c4ccccc4)n3)c2)cc1. The Kier molecular flexibility index (Phi) is 9.50. The highest BCUT2D eigenvalue weighted by Crippen LogP contribution is 2.42. The molecule has 13 rings (SSSR count). The van der Waals surface area contributed by atoms with Crippen LogP contribution in [0.2, 0.25) is 0 Å². The lowest BCUT2D eigenvalue weighted by Gasteiger charge is -2.16. The highest BCUT2D eigenvalue weighted by Gasteiger charge is 2.18. The second-order valence-corrected chi connectivity index (χ2v) is 17.5. The summed E-state index contributed by atoms with van der Waals surface area (Å²) in [6.07, 6.45) is 0. The molecular formula is C65H41N3. The molecule has 0 saturated carbocycles. The third-order valence-corrected chi connectivity index (χ3v) is 13.5. The van der Waals surface area contributed by atoms with Gasteiger partial charge in [0, 0.05) is 44.0 Å². The zero-order chi connectivity index (χ0) is 45.0.